The van der Waals surface area contributed by atoms with Gasteiger partial charge in [0.25, 0.3) is 0 Å². The maximum atomic E-state index is 11.6. The van der Waals surface area contributed by atoms with Crippen LogP contribution in [0.25, 0.3) is 0 Å². The Morgan fingerprint density at radius 2 is 2.11 bits per heavy atom. The summed E-state index contributed by atoms with van der Waals surface area (Å²) in [7, 11) is 0. The number of allylic oxidation sites excluding steroid dienone is 3. The zero-order valence-electron chi connectivity index (χ0n) is 11.4. The maximum absolute atomic E-state index is 11.6. The summed E-state index contributed by atoms with van der Waals surface area (Å²) in [5.74, 6) is 1.13. The van der Waals surface area contributed by atoms with E-state index >= 15 is 0 Å². The standard InChI is InChI=1S/C16H24O2/c1-2-3-4-5-6-7-16(17)18-12-15-11-13-8-9-14(15)10-13/h8-9,11,13-14H,2-7,10,12H2,1H3. The van der Waals surface area contributed by atoms with Crippen LogP contribution < -0.4 is 0 Å². The van der Waals surface area contributed by atoms with Crippen molar-refractivity contribution in [2.45, 2.75) is 51.9 Å². The van der Waals surface area contributed by atoms with Gasteiger partial charge in [-0.3, -0.25) is 4.79 Å². The number of hydrogen-bond acceptors (Lipinski definition) is 2. The van der Waals surface area contributed by atoms with E-state index < -0.39 is 0 Å². The molecule has 18 heavy (non-hydrogen) atoms. The molecule has 2 bridgehead atoms. The van der Waals surface area contributed by atoms with Gasteiger partial charge < -0.3 is 4.74 Å². The molecule has 0 aromatic rings. The molecule has 0 saturated heterocycles. The van der Waals surface area contributed by atoms with E-state index in [2.05, 4.69) is 25.2 Å². The van der Waals surface area contributed by atoms with Gasteiger partial charge in [-0.2, -0.15) is 0 Å². The molecule has 0 N–H and O–H groups in total. The fourth-order valence-electron chi connectivity index (χ4n) is 2.79. The zero-order valence-corrected chi connectivity index (χ0v) is 11.4. The lowest BCUT2D eigenvalue weighted by atomic mass is 10.0. The highest BCUT2D eigenvalue weighted by atomic mass is 16.5. The molecule has 0 aliphatic heterocycles. The van der Waals surface area contributed by atoms with E-state index in [9.17, 15) is 4.79 Å². The monoisotopic (exact) mass is 248 g/mol. The number of esters is 1. The van der Waals surface area contributed by atoms with E-state index in [1.165, 1.54) is 31.3 Å². The second-order valence-electron chi connectivity index (χ2n) is 5.46. The van der Waals surface area contributed by atoms with Gasteiger partial charge in [0.2, 0.25) is 0 Å². The molecule has 2 rings (SSSR count). The topological polar surface area (TPSA) is 26.3 Å². The lowest BCUT2D eigenvalue weighted by molar-refractivity contribution is -0.142. The average Bonchev–Trinajstić information content (AvgIpc) is 2.98. The van der Waals surface area contributed by atoms with Crippen LogP contribution in [-0.2, 0) is 9.53 Å². The smallest absolute Gasteiger partial charge is 0.306 e. The summed E-state index contributed by atoms with van der Waals surface area (Å²) in [6.45, 7) is 2.71. The Balaban J connectivity index is 1.54. The number of rotatable bonds is 8. The molecule has 0 saturated carbocycles. The Bertz CT molecular complexity index is 341. The molecular weight excluding hydrogens is 224 g/mol. The van der Waals surface area contributed by atoms with E-state index in [1.807, 2.05) is 0 Å². The molecule has 0 fully saturated rings. The van der Waals surface area contributed by atoms with Crippen LogP contribution >= 0.6 is 0 Å². The van der Waals surface area contributed by atoms with Gasteiger partial charge in [0.1, 0.15) is 6.61 Å². The Morgan fingerprint density at radius 3 is 2.78 bits per heavy atom. The van der Waals surface area contributed by atoms with Crippen LogP contribution in [-0.4, -0.2) is 12.6 Å². The molecule has 0 aromatic heterocycles. The van der Waals surface area contributed by atoms with Gasteiger partial charge in [0, 0.05) is 12.3 Å². The highest BCUT2D eigenvalue weighted by molar-refractivity contribution is 5.69. The van der Waals surface area contributed by atoms with Crippen molar-refractivity contribution < 1.29 is 9.53 Å². The van der Waals surface area contributed by atoms with E-state index in [4.69, 9.17) is 4.74 Å². The second kappa shape index (κ2) is 6.77. The van der Waals surface area contributed by atoms with Gasteiger partial charge in [0.05, 0.1) is 0 Å². The Hall–Kier alpha value is -1.05. The van der Waals surface area contributed by atoms with Gasteiger partial charge >= 0.3 is 5.97 Å². The summed E-state index contributed by atoms with van der Waals surface area (Å²) >= 11 is 0. The Kier molecular flexibility index (Phi) is 5.03. The van der Waals surface area contributed by atoms with Gasteiger partial charge in [-0.15, -0.1) is 0 Å². The molecule has 0 amide bonds. The first-order chi connectivity index (χ1) is 8.79. The van der Waals surface area contributed by atoms with Crippen LogP contribution in [0.5, 0.6) is 0 Å². The number of hydrogen-bond donors (Lipinski definition) is 0. The molecule has 2 unspecified atom stereocenters. The molecule has 100 valence electrons. The molecule has 0 spiro atoms. The summed E-state index contributed by atoms with van der Waals surface area (Å²) in [6.07, 6.45) is 14.4. The van der Waals surface area contributed by atoms with Crippen LogP contribution in [0.15, 0.2) is 23.8 Å². The van der Waals surface area contributed by atoms with Crippen molar-refractivity contribution in [2.75, 3.05) is 6.61 Å². The van der Waals surface area contributed by atoms with Crippen molar-refractivity contribution in [3.63, 3.8) is 0 Å². The third-order valence-corrected chi connectivity index (χ3v) is 3.91. The van der Waals surface area contributed by atoms with E-state index in [0.717, 1.165) is 12.8 Å². The predicted molar refractivity (Wildman–Crippen MR) is 73.2 cm³/mol. The van der Waals surface area contributed by atoms with E-state index in [0.29, 0.717) is 24.9 Å². The van der Waals surface area contributed by atoms with Gasteiger partial charge in [0.15, 0.2) is 0 Å². The highest BCUT2D eigenvalue weighted by Gasteiger charge is 2.28. The predicted octanol–water partition coefficient (Wildman–Crippen LogP) is 4.02. The molecule has 2 aliphatic rings. The summed E-state index contributed by atoms with van der Waals surface area (Å²) < 4.78 is 5.34. The van der Waals surface area contributed by atoms with E-state index in [-0.39, 0.29) is 5.97 Å². The summed E-state index contributed by atoms with van der Waals surface area (Å²) in [6, 6.07) is 0. The molecule has 2 aliphatic carbocycles. The highest BCUT2D eigenvalue weighted by Crippen LogP contribution is 2.38. The van der Waals surface area contributed by atoms with Crippen molar-refractivity contribution >= 4 is 5.97 Å². The first kappa shape index (κ1) is 13.4. The lowest BCUT2D eigenvalue weighted by Crippen LogP contribution is -2.10. The fourth-order valence-corrected chi connectivity index (χ4v) is 2.79. The van der Waals surface area contributed by atoms with Gasteiger partial charge in [-0.25, -0.2) is 0 Å². The lowest BCUT2D eigenvalue weighted by Gasteiger charge is -2.10. The zero-order chi connectivity index (χ0) is 12.8. The van der Waals surface area contributed by atoms with Crippen molar-refractivity contribution in [1.29, 1.82) is 0 Å². The molecule has 2 atom stereocenters. The maximum Gasteiger partial charge on any atom is 0.306 e. The number of ether oxygens (including phenoxy) is 1. The molecule has 2 nitrogen and oxygen atoms in total. The van der Waals surface area contributed by atoms with Crippen molar-refractivity contribution in [3.8, 4) is 0 Å². The van der Waals surface area contributed by atoms with Gasteiger partial charge in [-0.05, 0) is 24.3 Å². The van der Waals surface area contributed by atoms with Crippen LogP contribution in [0.3, 0.4) is 0 Å². The first-order valence-corrected chi connectivity index (χ1v) is 7.34. The summed E-state index contributed by atoms with van der Waals surface area (Å²) in [5.41, 5.74) is 1.31. The number of fused-ring (bicyclic) bond motifs is 2. The molecule has 0 heterocycles. The quantitative estimate of drug-likeness (QED) is 0.368. The van der Waals surface area contributed by atoms with Crippen molar-refractivity contribution in [1.82, 2.24) is 0 Å². The minimum Gasteiger partial charge on any atom is -0.461 e. The van der Waals surface area contributed by atoms with Crippen LogP contribution in [0.2, 0.25) is 0 Å². The SMILES string of the molecule is CCCCCCCC(=O)OCC1=CC2C=CC1C2. The number of unbranched alkanes of at least 4 members (excludes halogenated alkanes) is 4. The number of carbonyl (C=O) groups is 1. The van der Waals surface area contributed by atoms with Crippen LogP contribution in [0.4, 0.5) is 0 Å². The first-order valence-electron chi connectivity index (χ1n) is 7.34. The van der Waals surface area contributed by atoms with Crippen LogP contribution in [0.1, 0.15) is 51.9 Å². The summed E-state index contributed by atoms with van der Waals surface area (Å²) in [4.78, 5) is 11.6. The van der Waals surface area contributed by atoms with Crippen molar-refractivity contribution in [3.05, 3.63) is 23.8 Å². The second-order valence-corrected chi connectivity index (χ2v) is 5.46. The molecule has 2 heteroatoms. The van der Waals surface area contributed by atoms with Crippen molar-refractivity contribution in [2.24, 2.45) is 11.8 Å². The van der Waals surface area contributed by atoms with Gasteiger partial charge in [-0.1, -0.05) is 50.8 Å². The fraction of sp³-hybridized carbons (Fsp3) is 0.688. The third-order valence-electron chi connectivity index (χ3n) is 3.91. The van der Waals surface area contributed by atoms with Crippen LogP contribution in [0, 0.1) is 11.8 Å². The van der Waals surface area contributed by atoms with E-state index in [1.54, 1.807) is 0 Å². The minimum absolute atomic E-state index is 0.0286. The number of carbonyl (C=O) groups excluding carboxylic acids is 1. The minimum atomic E-state index is -0.0286. The third kappa shape index (κ3) is 3.72. The normalized spacial score (nSPS) is 24.4. The molecular formula is C16H24O2. The largest absolute Gasteiger partial charge is 0.461 e. The Morgan fingerprint density at radius 1 is 1.28 bits per heavy atom. The summed E-state index contributed by atoms with van der Waals surface area (Å²) in [5, 5.41) is 0. The molecule has 0 radical (unpaired) electrons. The average molecular weight is 248 g/mol. The Labute approximate surface area is 110 Å². The molecule has 0 aromatic carbocycles.